The van der Waals surface area contributed by atoms with Gasteiger partial charge in [0, 0.05) is 12.1 Å². The summed E-state index contributed by atoms with van der Waals surface area (Å²) in [7, 11) is 0. The maximum atomic E-state index is 12.7. The topological polar surface area (TPSA) is 78.8 Å². The van der Waals surface area contributed by atoms with Crippen LogP contribution < -0.4 is 10.1 Å². The number of aromatic carboxylic acids is 1. The smallest absolute Gasteiger partial charge is 0.416 e. The first-order valence-electron chi connectivity index (χ1n) is 6.02. The zero-order valence-electron chi connectivity index (χ0n) is 10.7. The Bertz CT molecular complexity index is 786. The molecule has 2 aromatic rings. The Morgan fingerprint density at radius 3 is 2.41 bits per heavy atom. The van der Waals surface area contributed by atoms with Crippen LogP contribution in [0.5, 0.6) is 17.2 Å². The number of aromatic hydroxyl groups is 1. The molecule has 1 aliphatic heterocycles. The highest BCUT2D eigenvalue weighted by Gasteiger charge is 2.32. The summed E-state index contributed by atoms with van der Waals surface area (Å²) in [6.45, 7) is 0. The molecule has 0 bridgehead atoms. The lowest BCUT2D eigenvalue weighted by atomic mass is 10.1. The maximum Gasteiger partial charge on any atom is 0.416 e. The van der Waals surface area contributed by atoms with Crippen LogP contribution in [0.2, 0.25) is 0 Å². The fourth-order valence-electron chi connectivity index (χ4n) is 2.08. The summed E-state index contributed by atoms with van der Waals surface area (Å²) in [4.78, 5) is 10.9. The highest BCUT2D eigenvalue weighted by Crippen LogP contribution is 2.46. The highest BCUT2D eigenvalue weighted by atomic mass is 19.4. The Morgan fingerprint density at radius 1 is 1.09 bits per heavy atom. The summed E-state index contributed by atoms with van der Waals surface area (Å²) in [5.41, 5.74) is -0.966. The number of carboxylic acid groups (broad SMARTS) is 1. The number of benzene rings is 2. The number of carboxylic acids is 1. The van der Waals surface area contributed by atoms with Crippen LogP contribution in [-0.2, 0) is 6.18 Å². The van der Waals surface area contributed by atoms with Crippen LogP contribution in [0, 0.1) is 0 Å². The van der Waals surface area contributed by atoms with Crippen molar-refractivity contribution in [3.05, 3.63) is 41.5 Å². The third-order valence-electron chi connectivity index (χ3n) is 3.12. The van der Waals surface area contributed by atoms with Gasteiger partial charge < -0.3 is 20.3 Å². The number of phenols is 1. The molecule has 0 atom stereocenters. The molecule has 1 aliphatic rings. The van der Waals surface area contributed by atoms with Gasteiger partial charge in [-0.3, -0.25) is 0 Å². The molecule has 0 radical (unpaired) electrons. The van der Waals surface area contributed by atoms with Crippen molar-refractivity contribution in [3.8, 4) is 17.2 Å². The van der Waals surface area contributed by atoms with Gasteiger partial charge in [-0.1, -0.05) is 0 Å². The zero-order chi connectivity index (χ0) is 16.1. The molecule has 8 heteroatoms. The lowest BCUT2D eigenvalue weighted by Gasteiger charge is -2.23. The van der Waals surface area contributed by atoms with Crippen LogP contribution in [-0.4, -0.2) is 16.2 Å². The van der Waals surface area contributed by atoms with Crippen LogP contribution in [0.15, 0.2) is 30.3 Å². The van der Waals surface area contributed by atoms with E-state index in [2.05, 4.69) is 5.32 Å². The number of ether oxygens (including phenoxy) is 1. The molecule has 2 aromatic carbocycles. The minimum Gasteiger partial charge on any atom is -0.507 e. The second-order valence-corrected chi connectivity index (χ2v) is 4.61. The predicted molar refractivity (Wildman–Crippen MR) is 69.9 cm³/mol. The SMILES string of the molecule is O=C(O)c1cc2c(cc1O)Nc1cc(C(F)(F)F)ccc1O2. The van der Waals surface area contributed by atoms with Gasteiger partial charge in [0.05, 0.1) is 16.9 Å². The number of rotatable bonds is 1. The van der Waals surface area contributed by atoms with E-state index in [9.17, 15) is 23.1 Å². The Hall–Kier alpha value is -2.90. The lowest BCUT2D eigenvalue weighted by Crippen LogP contribution is -2.09. The largest absolute Gasteiger partial charge is 0.507 e. The first-order valence-corrected chi connectivity index (χ1v) is 6.02. The average Bonchev–Trinajstić information content (AvgIpc) is 2.42. The highest BCUT2D eigenvalue weighted by molar-refractivity contribution is 5.93. The quantitative estimate of drug-likeness (QED) is 0.634. The molecule has 3 N–H and O–H groups in total. The molecule has 1 heterocycles. The predicted octanol–water partition coefficient (Wildman–Crippen LogP) is 3.96. The van der Waals surface area contributed by atoms with Crippen molar-refractivity contribution in [2.45, 2.75) is 6.18 Å². The standard InChI is InChI=1S/C14H8F3NO4/c15-14(16,17)6-1-2-11-8(3-6)18-9-5-10(19)7(13(20)21)4-12(9)22-11/h1-5,18-19H,(H,20,21). The number of nitrogens with one attached hydrogen (secondary N) is 1. The molecular formula is C14H8F3NO4. The molecule has 0 aromatic heterocycles. The summed E-state index contributed by atoms with van der Waals surface area (Å²) >= 11 is 0. The van der Waals surface area contributed by atoms with E-state index in [0.717, 1.165) is 30.3 Å². The van der Waals surface area contributed by atoms with Gasteiger partial charge in [0.2, 0.25) is 0 Å². The van der Waals surface area contributed by atoms with Crippen molar-refractivity contribution in [1.82, 2.24) is 0 Å². The van der Waals surface area contributed by atoms with Gasteiger partial charge in [-0.25, -0.2) is 4.79 Å². The minimum atomic E-state index is -4.49. The van der Waals surface area contributed by atoms with Crippen molar-refractivity contribution in [2.75, 3.05) is 5.32 Å². The molecule has 0 unspecified atom stereocenters. The number of anilines is 2. The number of hydrogen-bond donors (Lipinski definition) is 3. The van der Waals surface area contributed by atoms with Gasteiger partial charge in [0.25, 0.3) is 0 Å². The van der Waals surface area contributed by atoms with E-state index in [0.29, 0.717) is 0 Å². The van der Waals surface area contributed by atoms with Crippen LogP contribution in [0.3, 0.4) is 0 Å². The summed E-state index contributed by atoms with van der Waals surface area (Å²) in [5, 5.41) is 21.2. The molecule has 3 rings (SSSR count). The first kappa shape index (κ1) is 14.1. The molecule has 0 fully saturated rings. The van der Waals surface area contributed by atoms with Crippen molar-refractivity contribution < 1.29 is 32.9 Å². The van der Waals surface area contributed by atoms with Crippen LogP contribution >= 0.6 is 0 Å². The fourth-order valence-corrected chi connectivity index (χ4v) is 2.08. The van der Waals surface area contributed by atoms with Gasteiger partial charge in [-0.15, -0.1) is 0 Å². The Balaban J connectivity index is 2.04. The molecule has 0 saturated heterocycles. The minimum absolute atomic E-state index is 0.0739. The summed E-state index contributed by atoms with van der Waals surface area (Å²) in [6.07, 6.45) is -4.49. The van der Waals surface area contributed by atoms with Crippen LogP contribution in [0.4, 0.5) is 24.5 Å². The van der Waals surface area contributed by atoms with Crippen LogP contribution in [0.25, 0.3) is 0 Å². The lowest BCUT2D eigenvalue weighted by molar-refractivity contribution is -0.137. The van der Waals surface area contributed by atoms with Crippen LogP contribution in [0.1, 0.15) is 15.9 Å². The van der Waals surface area contributed by atoms with E-state index in [4.69, 9.17) is 9.84 Å². The van der Waals surface area contributed by atoms with Gasteiger partial charge in [0.15, 0.2) is 11.5 Å². The van der Waals surface area contributed by atoms with E-state index in [1.165, 1.54) is 0 Å². The van der Waals surface area contributed by atoms with Gasteiger partial charge in [0.1, 0.15) is 11.3 Å². The summed E-state index contributed by atoms with van der Waals surface area (Å²) < 4.78 is 43.4. The average molecular weight is 311 g/mol. The van der Waals surface area contributed by atoms with E-state index in [1.54, 1.807) is 0 Å². The van der Waals surface area contributed by atoms with Crippen molar-refractivity contribution in [3.63, 3.8) is 0 Å². The van der Waals surface area contributed by atoms with Crippen molar-refractivity contribution >= 4 is 17.3 Å². The van der Waals surface area contributed by atoms with Crippen molar-refractivity contribution in [1.29, 1.82) is 0 Å². The van der Waals surface area contributed by atoms with E-state index < -0.39 is 23.5 Å². The first-order chi connectivity index (χ1) is 10.3. The molecule has 0 spiro atoms. The van der Waals surface area contributed by atoms with Gasteiger partial charge in [-0.2, -0.15) is 13.2 Å². The molecule has 22 heavy (non-hydrogen) atoms. The number of halogens is 3. The number of alkyl halides is 3. The molecular weight excluding hydrogens is 303 g/mol. The number of carbonyl (C=O) groups is 1. The summed E-state index contributed by atoms with van der Waals surface area (Å²) in [6, 6.07) is 5.06. The Morgan fingerprint density at radius 2 is 1.77 bits per heavy atom. The molecule has 0 amide bonds. The maximum absolute atomic E-state index is 12.7. The molecule has 0 saturated carbocycles. The van der Waals surface area contributed by atoms with Gasteiger partial charge >= 0.3 is 12.1 Å². The number of fused-ring (bicyclic) bond motifs is 2. The second kappa shape index (κ2) is 4.55. The summed E-state index contributed by atoms with van der Waals surface area (Å²) in [5.74, 6) is -1.63. The Kier molecular flexibility index (Phi) is 2.91. The van der Waals surface area contributed by atoms with E-state index >= 15 is 0 Å². The Labute approximate surface area is 121 Å². The molecule has 5 nitrogen and oxygen atoms in total. The van der Waals surface area contributed by atoms with E-state index in [-0.39, 0.29) is 28.4 Å². The fraction of sp³-hybridized carbons (Fsp3) is 0.0714. The third-order valence-corrected chi connectivity index (χ3v) is 3.12. The van der Waals surface area contributed by atoms with Crippen molar-refractivity contribution in [2.24, 2.45) is 0 Å². The molecule has 0 aliphatic carbocycles. The monoisotopic (exact) mass is 311 g/mol. The van der Waals surface area contributed by atoms with E-state index in [1.807, 2.05) is 0 Å². The zero-order valence-corrected chi connectivity index (χ0v) is 10.7. The third kappa shape index (κ3) is 2.28. The molecule has 114 valence electrons. The number of hydrogen-bond acceptors (Lipinski definition) is 4. The normalized spacial score (nSPS) is 12.7. The van der Waals surface area contributed by atoms with Gasteiger partial charge in [-0.05, 0) is 18.2 Å². The second-order valence-electron chi connectivity index (χ2n) is 4.61.